The number of urea groups is 1. The van der Waals surface area contributed by atoms with E-state index in [1.54, 1.807) is 11.3 Å². The Kier molecular flexibility index (Phi) is 4.12. The molecule has 2 N–H and O–H groups in total. The topological polar surface area (TPSA) is 78.9 Å². The molecule has 0 aromatic carbocycles. The largest absolute Gasteiger partial charge is 0.479 e. The highest BCUT2D eigenvalue weighted by Crippen LogP contribution is 2.33. The van der Waals surface area contributed by atoms with Crippen LogP contribution in [-0.4, -0.2) is 47.8 Å². The molecule has 7 heteroatoms. The predicted molar refractivity (Wildman–Crippen MR) is 77.5 cm³/mol. The van der Waals surface area contributed by atoms with Crippen LogP contribution in [0.15, 0.2) is 11.4 Å². The maximum absolute atomic E-state index is 12.4. The Labute approximate surface area is 126 Å². The number of hydrogen-bond donors (Lipinski definition) is 2. The second-order valence-electron chi connectivity index (χ2n) is 5.35. The van der Waals surface area contributed by atoms with E-state index >= 15 is 0 Å². The summed E-state index contributed by atoms with van der Waals surface area (Å²) in [5, 5.41) is 14.3. The minimum Gasteiger partial charge on any atom is -0.479 e. The lowest BCUT2D eigenvalue weighted by atomic mass is 10.0. The molecule has 1 aromatic heterocycles. The van der Waals surface area contributed by atoms with Crippen molar-refractivity contribution in [2.24, 2.45) is 0 Å². The number of thiophene rings is 1. The lowest BCUT2D eigenvalue weighted by Gasteiger charge is -2.35. The molecule has 3 heterocycles. The zero-order chi connectivity index (χ0) is 14.8. The number of carboxylic acids is 1. The van der Waals surface area contributed by atoms with Gasteiger partial charge in [0, 0.05) is 18.0 Å². The quantitative estimate of drug-likeness (QED) is 0.870. The number of rotatable bonds is 2. The van der Waals surface area contributed by atoms with Crippen LogP contribution < -0.4 is 5.32 Å². The van der Waals surface area contributed by atoms with E-state index < -0.39 is 12.0 Å². The molecule has 0 radical (unpaired) electrons. The average Bonchev–Trinajstić information content (AvgIpc) is 2.95. The molecule has 2 aliphatic heterocycles. The molecule has 21 heavy (non-hydrogen) atoms. The lowest BCUT2D eigenvalue weighted by Crippen LogP contribution is -2.52. The van der Waals surface area contributed by atoms with E-state index in [0.717, 1.165) is 29.9 Å². The van der Waals surface area contributed by atoms with E-state index in [2.05, 4.69) is 5.32 Å². The van der Waals surface area contributed by atoms with Crippen LogP contribution in [0.4, 0.5) is 4.79 Å². The number of aliphatic carboxylic acids is 1. The van der Waals surface area contributed by atoms with Crippen molar-refractivity contribution >= 4 is 23.3 Å². The summed E-state index contributed by atoms with van der Waals surface area (Å²) in [6.07, 6.45) is 2.51. The number of amides is 2. The fourth-order valence-corrected chi connectivity index (χ4v) is 3.82. The fourth-order valence-electron chi connectivity index (χ4n) is 2.91. The standard InChI is InChI=1S/C14H18N2O4S/c17-13(18)12-10-4-7-21-11(10)3-5-16(12)14(19)15-9-2-1-6-20-8-9/h4,7,9,12H,1-3,5-6,8H2,(H,15,19)(H,17,18). The summed E-state index contributed by atoms with van der Waals surface area (Å²) in [7, 11) is 0. The second kappa shape index (κ2) is 6.03. The summed E-state index contributed by atoms with van der Waals surface area (Å²) in [5.74, 6) is -0.982. The van der Waals surface area contributed by atoms with Crippen LogP contribution >= 0.6 is 11.3 Å². The van der Waals surface area contributed by atoms with Gasteiger partial charge < -0.3 is 20.1 Å². The molecule has 2 atom stereocenters. The third kappa shape index (κ3) is 2.89. The van der Waals surface area contributed by atoms with E-state index in [4.69, 9.17) is 4.74 Å². The predicted octanol–water partition coefficient (Wildman–Crippen LogP) is 1.62. The molecule has 2 amide bonds. The molecule has 0 aliphatic carbocycles. The number of ether oxygens (including phenoxy) is 1. The summed E-state index contributed by atoms with van der Waals surface area (Å²) in [6, 6.07) is 0.589. The molecule has 6 nitrogen and oxygen atoms in total. The van der Waals surface area contributed by atoms with Gasteiger partial charge in [0.15, 0.2) is 6.04 Å². The molecule has 2 aliphatic rings. The van der Waals surface area contributed by atoms with Crippen molar-refractivity contribution in [3.63, 3.8) is 0 Å². The van der Waals surface area contributed by atoms with E-state index in [1.165, 1.54) is 4.90 Å². The summed E-state index contributed by atoms with van der Waals surface area (Å²) in [6.45, 7) is 1.66. The Hall–Kier alpha value is -1.60. The highest BCUT2D eigenvalue weighted by molar-refractivity contribution is 7.10. The first kappa shape index (κ1) is 14.3. The van der Waals surface area contributed by atoms with Gasteiger partial charge in [0.2, 0.25) is 0 Å². The van der Waals surface area contributed by atoms with Crippen molar-refractivity contribution in [1.82, 2.24) is 10.2 Å². The molecular formula is C14H18N2O4S. The molecule has 1 saturated heterocycles. The van der Waals surface area contributed by atoms with Gasteiger partial charge in [-0.15, -0.1) is 11.3 Å². The highest BCUT2D eigenvalue weighted by atomic mass is 32.1. The first-order chi connectivity index (χ1) is 10.2. The molecule has 0 saturated carbocycles. The monoisotopic (exact) mass is 310 g/mol. The van der Waals surface area contributed by atoms with Gasteiger partial charge in [-0.1, -0.05) is 0 Å². The molecular weight excluding hydrogens is 292 g/mol. The SMILES string of the molecule is O=C(O)C1c2ccsc2CCN1C(=O)NC1CCCOC1. The van der Waals surface area contributed by atoms with Crippen LogP contribution in [0.2, 0.25) is 0 Å². The van der Waals surface area contributed by atoms with E-state index in [0.29, 0.717) is 19.6 Å². The van der Waals surface area contributed by atoms with Crippen LogP contribution in [0.3, 0.4) is 0 Å². The van der Waals surface area contributed by atoms with Gasteiger partial charge in [0.05, 0.1) is 12.6 Å². The van der Waals surface area contributed by atoms with Crippen molar-refractivity contribution < 1.29 is 19.4 Å². The molecule has 114 valence electrons. The van der Waals surface area contributed by atoms with Crippen molar-refractivity contribution in [3.8, 4) is 0 Å². The van der Waals surface area contributed by atoms with Crippen LogP contribution in [0.25, 0.3) is 0 Å². The minimum atomic E-state index is -0.982. The zero-order valence-corrected chi connectivity index (χ0v) is 12.4. The zero-order valence-electron chi connectivity index (χ0n) is 11.6. The van der Waals surface area contributed by atoms with Crippen molar-refractivity contribution in [2.45, 2.75) is 31.3 Å². The van der Waals surface area contributed by atoms with Crippen LogP contribution in [0, 0.1) is 0 Å². The van der Waals surface area contributed by atoms with Gasteiger partial charge in [0.25, 0.3) is 0 Å². The number of carbonyl (C=O) groups is 2. The Morgan fingerprint density at radius 2 is 2.33 bits per heavy atom. The molecule has 0 bridgehead atoms. The van der Waals surface area contributed by atoms with Gasteiger partial charge in [-0.3, -0.25) is 0 Å². The minimum absolute atomic E-state index is 0.0235. The third-order valence-corrected chi connectivity index (χ3v) is 4.95. The first-order valence-electron chi connectivity index (χ1n) is 7.11. The third-order valence-electron chi connectivity index (χ3n) is 3.95. The van der Waals surface area contributed by atoms with Gasteiger partial charge >= 0.3 is 12.0 Å². The number of nitrogens with one attached hydrogen (secondary N) is 1. The van der Waals surface area contributed by atoms with Gasteiger partial charge in [0.1, 0.15) is 0 Å². The molecule has 0 spiro atoms. The lowest BCUT2D eigenvalue weighted by molar-refractivity contribution is -0.142. The molecule has 2 unspecified atom stereocenters. The van der Waals surface area contributed by atoms with Gasteiger partial charge in [-0.05, 0) is 36.3 Å². The summed E-state index contributed by atoms with van der Waals surface area (Å²) in [5.41, 5.74) is 0.744. The maximum Gasteiger partial charge on any atom is 0.331 e. The number of fused-ring (bicyclic) bond motifs is 1. The van der Waals surface area contributed by atoms with Gasteiger partial charge in [-0.2, -0.15) is 0 Å². The molecule has 1 fully saturated rings. The summed E-state index contributed by atoms with van der Waals surface area (Å²) >= 11 is 1.55. The van der Waals surface area contributed by atoms with Crippen LogP contribution in [0.1, 0.15) is 29.3 Å². The Bertz CT molecular complexity index is 539. The first-order valence-corrected chi connectivity index (χ1v) is 7.98. The fraction of sp³-hybridized carbons (Fsp3) is 0.571. The normalized spacial score (nSPS) is 25.2. The Balaban J connectivity index is 1.74. The number of carbonyl (C=O) groups excluding carboxylic acids is 1. The van der Waals surface area contributed by atoms with Crippen molar-refractivity contribution in [1.29, 1.82) is 0 Å². The number of carboxylic acid groups (broad SMARTS) is 1. The van der Waals surface area contributed by atoms with Crippen LogP contribution in [-0.2, 0) is 16.0 Å². The van der Waals surface area contributed by atoms with E-state index in [9.17, 15) is 14.7 Å². The second-order valence-corrected chi connectivity index (χ2v) is 6.35. The average molecular weight is 310 g/mol. The highest BCUT2D eigenvalue weighted by Gasteiger charge is 2.37. The summed E-state index contributed by atoms with van der Waals surface area (Å²) < 4.78 is 5.34. The number of nitrogens with zero attached hydrogens (tertiary/aromatic N) is 1. The summed E-state index contributed by atoms with van der Waals surface area (Å²) in [4.78, 5) is 26.5. The van der Waals surface area contributed by atoms with E-state index in [1.807, 2.05) is 11.4 Å². The Morgan fingerprint density at radius 3 is 3.05 bits per heavy atom. The Morgan fingerprint density at radius 1 is 1.48 bits per heavy atom. The number of hydrogen-bond acceptors (Lipinski definition) is 4. The van der Waals surface area contributed by atoms with Crippen molar-refractivity contribution in [3.05, 3.63) is 21.9 Å². The van der Waals surface area contributed by atoms with Crippen LogP contribution in [0.5, 0.6) is 0 Å². The van der Waals surface area contributed by atoms with Crippen molar-refractivity contribution in [2.75, 3.05) is 19.8 Å². The van der Waals surface area contributed by atoms with E-state index in [-0.39, 0.29) is 12.1 Å². The van der Waals surface area contributed by atoms with Gasteiger partial charge in [-0.25, -0.2) is 9.59 Å². The molecule has 1 aromatic rings. The molecule has 3 rings (SSSR count). The maximum atomic E-state index is 12.4. The smallest absolute Gasteiger partial charge is 0.331 e.